The zero-order chi connectivity index (χ0) is 30.6. The summed E-state index contributed by atoms with van der Waals surface area (Å²) in [5, 5.41) is 15.3. The molecule has 2 aromatic rings. The number of β-lactam (4-membered cyclic amide) rings is 1. The number of likely N-dealkylation sites (tertiary alicyclic amines) is 1. The lowest BCUT2D eigenvalue weighted by atomic mass is 9.89. The fraction of sp³-hybridized carbons (Fsp3) is 0.357. The molecule has 2 atom stereocenters. The monoisotopic (exact) mass is 601 g/mol. The molecule has 1 fully saturated rings. The number of hydrogen-bond acceptors (Lipinski definition) is 11. The Balaban J connectivity index is 1.61. The fourth-order valence-electron chi connectivity index (χ4n) is 3.98. The van der Waals surface area contributed by atoms with Crippen molar-refractivity contribution < 1.29 is 43.0 Å². The maximum Gasteiger partial charge on any atom is 0.326 e. The van der Waals surface area contributed by atoms with Crippen LogP contribution in [0.15, 0.2) is 59.5 Å². The third-order valence-electron chi connectivity index (χ3n) is 6.18. The number of hydrogen-bond donors (Lipinski definition) is 1. The van der Waals surface area contributed by atoms with E-state index in [9.17, 15) is 29.3 Å². The number of carbonyl (C=O) groups excluding carboxylic acids is 4. The molecule has 13 nitrogen and oxygen atoms in total. The standard InChI is InChI=1S/C28H31N3O10S/c1-18(17-42-13-12-24(33)39-3)27-26(29-23(32)16-40-22-10-8-21(38-2)9-11-22)28(35)30(27)14-25(34)41-15-19-4-6-20(7-5-19)31(36)37/h4-11,17,26-27H,12-16H2,1-3H3,(H,29,32). The minimum atomic E-state index is -0.933. The van der Waals surface area contributed by atoms with E-state index < -0.39 is 34.8 Å². The molecule has 2 amide bonds. The Morgan fingerprint density at radius 1 is 1.05 bits per heavy atom. The summed E-state index contributed by atoms with van der Waals surface area (Å²) in [5.74, 6) is -0.532. The number of thioether (sulfide) groups is 1. The number of non-ortho nitro benzene ring substituents is 1. The van der Waals surface area contributed by atoms with Crippen LogP contribution in [0.5, 0.6) is 11.5 Å². The Morgan fingerprint density at radius 2 is 1.71 bits per heavy atom. The van der Waals surface area contributed by atoms with Crippen molar-refractivity contribution in [3.8, 4) is 11.5 Å². The number of nitro groups is 1. The van der Waals surface area contributed by atoms with Crippen LogP contribution in [0.4, 0.5) is 5.69 Å². The largest absolute Gasteiger partial charge is 0.497 e. The van der Waals surface area contributed by atoms with Crippen molar-refractivity contribution in [2.24, 2.45) is 0 Å². The van der Waals surface area contributed by atoms with Gasteiger partial charge in [0, 0.05) is 17.9 Å². The highest BCUT2D eigenvalue weighted by Gasteiger charge is 2.49. The second-order valence-corrected chi connectivity index (χ2v) is 10.0. The number of nitro benzene ring substituents is 1. The summed E-state index contributed by atoms with van der Waals surface area (Å²) in [6, 6.07) is 10.6. The van der Waals surface area contributed by atoms with Gasteiger partial charge in [0.15, 0.2) is 6.61 Å². The third kappa shape index (κ3) is 8.96. The molecule has 0 aromatic heterocycles. The molecule has 2 aromatic carbocycles. The maximum atomic E-state index is 13.0. The third-order valence-corrected chi connectivity index (χ3v) is 7.16. The van der Waals surface area contributed by atoms with E-state index in [1.54, 1.807) is 36.6 Å². The molecule has 1 N–H and O–H groups in total. The van der Waals surface area contributed by atoms with Gasteiger partial charge in [-0.1, -0.05) is 0 Å². The summed E-state index contributed by atoms with van der Waals surface area (Å²) in [4.78, 5) is 61.2. The second kappa shape index (κ2) is 15.4. The van der Waals surface area contributed by atoms with E-state index in [-0.39, 0.29) is 37.8 Å². The first-order valence-corrected chi connectivity index (χ1v) is 13.8. The molecule has 0 saturated carbocycles. The Kier molecular flexibility index (Phi) is 11.7. The van der Waals surface area contributed by atoms with E-state index in [1.165, 1.54) is 55.1 Å². The predicted octanol–water partition coefficient (Wildman–Crippen LogP) is 2.62. The van der Waals surface area contributed by atoms with E-state index in [0.29, 0.717) is 28.4 Å². The highest BCUT2D eigenvalue weighted by molar-refractivity contribution is 8.02. The summed E-state index contributed by atoms with van der Waals surface area (Å²) in [6.07, 6.45) is 0.191. The molecule has 1 heterocycles. The predicted molar refractivity (Wildman–Crippen MR) is 152 cm³/mol. The molecule has 0 spiro atoms. The highest BCUT2D eigenvalue weighted by Crippen LogP contribution is 2.28. The Bertz CT molecular complexity index is 1310. The summed E-state index contributed by atoms with van der Waals surface area (Å²) in [7, 11) is 2.84. The van der Waals surface area contributed by atoms with Crippen LogP contribution in [-0.4, -0.2) is 78.8 Å². The average Bonchev–Trinajstić information content (AvgIpc) is 3.00. The molecule has 2 unspecified atom stereocenters. The van der Waals surface area contributed by atoms with E-state index in [4.69, 9.17) is 14.2 Å². The van der Waals surface area contributed by atoms with Crippen molar-refractivity contribution in [3.63, 3.8) is 0 Å². The molecular weight excluding hydrogens is 570 g/mol. The number of ether oxygens (including phenoxy) is 4. The SMILES string of the molecule is COC(=O)CCSC=C(C)C1C(NC(=O)COc2ccc(OC)cc2)C(=O)N1CC(=O)OCc1ccc([N+](=O)[O-])cc1. The highest BCUT2D eigenvalue weighted by atomic mass is 32.2. The number of nitrogens with one attached hydrogen (secondary N) is 1. The molecule has 1 saturated heterocycles. The van der Waals surface area contributed by atoms with Crippen LogP contribution in [0.3, 0.4) is 0 Å². The summed E-state index contributed by atoms with van der Waals surface area (Å²) in [5.41, 5.74) is 1.14. The molecule has 0 bridgehead atoms. The molecule has 1 aliphatic rings. The number of methoxy groups -OCH3 is 2. The van der Waals surface area contributed by atoms with Gasteiger partial charge in [-0.05, 0) is 59.9 Å². The molecule has 224 valence electrons. The number of esters is 2. The van der Waals surface area contributed by atoms with Crippen molar-refractivity contribution in [2.75, 3.05) is 33.1 Å². The van der Waals surface area contributed by atoms with Gasteiger partial charge in [-0.3, -0.25) is 29.3 Å². The van der Waals surface area contributed by atoms with Crippen LogP contribution in [0.25, 0.3) is 0 Å². The normalized spacial score (nSPS) is 16.2. The van der Waals surface area contributed by atoms with Gasteiger partial charge < -0.3 is 29.2 Å². The molecule has 1 aliphatic heterocycles. The van der Waals surface area contributed by atoms with Crippen LogP contribution >= 0.6 is 11.8 Å². The van der Waals surface area contributed by atoms with Gasteiger partial charge in [-0.15, -0.1) is 11.8 Å². The van der Waals surface area contributed by atoms with Gasteiger partial charge in [0.1, 0.15) is 30.7 Å². The molecule has 14 heteroatoms. The zero-order valence-corrected chi connectivity index (χ0v) is 24.1. The van der Waals surface area contributed by atoms with E-state index >= 15 is 0 Å². The number of carbonyl (C=O) groups is 4. The van der Waals surface area contributed by atoms with Crippen molar-refractivity contribution in [1.29, 1.82) is 0 Å². The number of amides is 2. The first kappa shape index (κ1) is 31.9. The first-order valence-electron chi connectivity index (χ1n) is 12.7. The summed E-state index contributed by atoms with van der Waals surface area (Å²) in [6.45, 7) is 0.912. The van der Waals surface area contributed by atoms with Gasteiger partial charge in [0.05, 0.1) is 31.6 Å². The topological polar surface area (TPSA) is 164 Å². The van der Waals surface area contributed by atoms with Gasteiger partial charge in [0.2, 0.25) is 5.91 Å². The lowest BCUT2D eigenvalue weighted by Gasteiger charge is -2.47. The minimum absolute atomic E-state index is 0.0895. The van der Waals surface area contributed by atoms with Crippen molar-refractivity contribution in [2.45, 2.75) is 32.0 Å². The first-order chi connectivity index (χ1) is 20.1. The lowest BCUT2D eigenvalue weighted by Crippen LogP contribution is -2.72. The summed E-state index contributed by atoms with van der Waals surface area (Å²) >= 11 is 1.33. The van der Waals surface area contributed by atoms with Crippen LogP contribution < -0.4 is 14.8 Å². The molecular formula is C28H31N3O10S. The number of nitrogens with zero attached hydrogens (tertiary/aromatic N) is 2. The number of benzene rings is 2. The second-order valence-electron chi connectivity index (χ2n) is 9.06. The van der Waals surface area contributed by atoms with Gasteiger partial charge >= 0.3 is 11.9 Å². The van der Waals surface area contributed by atoms with Crippen LogP contribution in [0.1, 0.15) is 18.9 Å². The van der Waals surface area contributed by atoms with Crippen LogP contribution in [0, 0.1) is 10.1 Å². The molecule has 0 aliphatic carbocycles. The van der Waals surface area contributed by atoms with Gasteiger partial charge in [-0.25, -0.2) is 0 Å². The van der Waals surface area contributed by atoms with Crippen molar-refractivity contribution >= 4 is 41.2 Å². The Hall–Kier alpha value is -4.59. The lowest BCUT2D eigenvalue weighted by molar-refractivity contribution is -0.384. The van der Waals surface area contributed by atoms with E-state index in [2.05, 4.69) is 10.1 Å². The van der Waals surface area contributed by atoms with Crippen LogP contribution in [-0.2, 0) is 35.3 Å². The van der Waals surface area contributed by atoms with Gasteiger partial charge in [0.25, 0.3) is 11.6 Å². The Labute approximate surface area is 246 Å². The quantitative estimate of drug-likeness (QED) is 0.105. The smallest absolute Gasteiger partial charge is 0.326 e. The van der Waals surface area contributed by atoms with Gasteiger partial charge in [-0.2, -0.15) is 0 Å². The fourth-order valence-corrected chi connectivity index (χ4v) is 4.78. The Morgan fingerprint density at radius 3 is 2.33 bits per heavy atom. The van der Waals surface area contributed by atoms with Crippen molar-refractivity contribution in [1.82, 2.24) is 10.2 Å². The van der Waals surface area contributed by atoms with Crippen LogP contribution in [0.2, 0.25) is 0 Å². The van der Waals surface area contributed by atoms with Crippen molar-refractivity contribution in [3.05, 3.63) is 75.2 Å². The zero-order valence-electron chi connectivity index (χ0n) is 23.3. The molecule has 42 heavy (non-hydrogen) atoms. The van der Waals surface area contributed by atoms with E-state index in [0.717, 1.165) is 0 Å². The molecule has 0 radical (unpaired) electrons. The maximum absolute atomic E-state index is 13.0. The average molecular weight is 602 g/mol. The molecule has 3 rings (SSSR count). The minimum Gasteiger partial charge on any atom is -0.497 e. The number of rotatable bonds is 15. The summed E-state index contributed by atoms with van der Waals surface area (Å²) < 4.78 is 20.5. The van der Waals surface area contributed by atoms with E-state index in [1.807, 2.05) is 0 Å².